The average Bonchev–Trinajstić information content (AvgIpc) is 3.15. The number of rotatable bonds is 10. The zero-order chi connectivity index (χ0) is 38.5. The van der Waals surface area contributed by atoms with Gasteiger partial charge >= 0.3 is 12.2 Å². The molecule has 0 unspecified atom stereocenters. The first kappa shape index (κ1) is 39.7. The van der Waals surface area contributed by atoms with E-state index in [9.17, 15) is 19.2 Å². The molecule has 0 aromatic heterocycles. The van der Waals surface area contributed by atoms with E-state index in [4.69, 9.17) is 32.4 Å². The molecule has 3 fully saturated rings. The van der Waals surface area contributed by atoms with E-state index in [1.54, 1.807) is 58.3 Å². The Morgan fingerprint density at radius 3 is 1.20 bits per heavy atom. The van der Waals surface area contributed by atoms with Crippen LogP contribution in [-0.2, 0) is 9.47 Å². The summed E-state index contributed by atoms with van der Waals surface area (Å²) in [6.45, 7) is 3.40. The maximum atomic E-state index is 13.0. The van der Waals surface area contributed by atoms with E-state index >= 15 is 0 Å². The summed E-state index contributed by atoms with van der Waals surface area (Å²) < 4.78 is 11.9. The van der Waals surface area contributed by atoms with Gasteiger partial charge in [0.25, 0.3) is 11.8 Å². The summed E-state index contributed by atoms with van der Waals surface area (Å²) >= 11 is 0. The van der Waals surface area contributed by atoms with E-state index in [-0.39, 0.29) is 60.0 Å². The fraction of sp³-hybridized carbons (Fsp3) is 0.526. The number of carbonyl (C=O) groups excluding carboxylic acids is 4. The Kier molecular flexibility index (Phi) is 14.3. The largest absolute Gasteiger partial charge is 0.446 e. The summed E-state index contributed by atoms with van der Waals surface area (Å²) in [5.41, 5.74) is 23.8. The number of amides is 4. The molecule has 2 aromatic rings. The number of hydrogen-bond acceptors (Lipinski definition) is 8. The number of ether oxygens (including phenoxy) is 2. The highest BCUT2D eigenvalue weighted by atomic mass is 16.6. The molecule has 16 nitrogen and oxygen atoms in total. The average molecular weight is 747 g/mol. The fourth-order valence-corrected chi connectivity index (χ4v) is 7.10. The van der Waals surface area contributed by atoms with Crippen molar-refractivity contribution in [3.8, 4) is 0 Å². The first-order valence-corrected chi connectivity index (χ1v) is 18.9. The summed E-state index contributed by atoms with van der Waals surface area (Å²) in [5, 5.41) is 5.98. The van der Waals surface area contributed by atoms with Crippen LogP contribution in [0.5, 0.6) is 0 Å². The molecule has 16 heteroatoms. The molecule has 0 radical (unpaired) electrons. The molecule has 2 aromatic carbocycles. The van der Waals surface area contributed by atoms with Crippen LogP contribution in [0.3, 0.4) is 0 Å². The maximum absolute atomic E-state index is 13.0. The monoisotopic (exact) mass is 746 g/mol. The van der Waals surface area contributed by atoms with Gasteiger partial charge in [-0.25, -0.2) is 19.6 Å². The Labute approximate surface area is 316 Å². The van der Waals surface area contributed by atoms with Gasteiger partial charge in [0.15, 0.2) is 11.9 Å². The van der Waals surface area contributed by atoms with E-state index in [1.807, 2.05) is 0 Å². The minimum Gasteiger partial charge on any atom is -0.446 e. The number of nitrogens with one attached hydrogen (secondary N) is 2. The third kappa shape index (κ3) is 12.3. The van der Waals surface area contributed by atoms with E-state index in [0.717, 1.165) is 64.2 Å². The lowest BCUT2D eigenvalue weighted by molar-refractivity contribution is 0.0210. The molecule has 1 aliphatic carbocycles. The molecule has 54 heavy (non-hydrogen) atoms. The van der Waals surface area contributed by atoms with Crippen LogP contribution in [0, 0.1) is 11.8 Å². The van der Waals surface area contributed by atoms with Gasteiger partial charge in [0.05, 0.1) is 11.4 Å². The Hall–Kier alpha value is -5.54. The molecule has 10 N–H and O–H groups in total. The second kappa shape index (κ2) is 19.5. The maximum Gasteiger partial charge on any atom is 0.410 e. The second-order valence-corrected chi connectivity index (χ2v) is 14.3. The van der Waals surface area contributed by atoms with Crippen LogP contribution in [0.2, 0.25) is 0 Å². The predicted octanol–water partition coefficient (Wildman–Crippen LogP) is 3.44. The molecule has 0 spiro atoms. The van der Waals surface area contributed by atoms with Gasteiger partial charge < -0.3 is 52.8 Å². The minimum atomic E-state index is -0.284. The van der Waals surface area contributed by atoms with Crippen molar-refractivity contribution in [2.75, 3.05) is 39.3 Å². The first-order chi connectivity index (χ1) is 26.0. The van der Waals surface area contributed by atoms with Gasteiger partial charge in [-0.2, -0.15) is 0 Å². The van der Waals surface area contributed by atoms with E-state index < -0.39 is 0 Å². The van der Waals surface area contributed by atoms with E-state index in [2.05, 4.69) is 20.6 Å². The van der Waals surface area contributed by atoms with Crippen LogP contribution in [-0.4, -0.2) is 97.2 Å². The van der Waals surface area contributed by atoms with E-state index in [0.29, 0.717) is 61.8 Å². The van der Waals surface area contributed by atoms with Gasteiger partial charge in [0, 0.05) is 50.4 Å². The van der Waals surface area contributed by atoms with Gasteiger partial charge in [-0.3, -0.25) is 9.59 Å². The zero-order valence-electron chi connectivity index (χ0n) is 30.8. The second-order valence-electron chi connectivity index (χ2n) is 14.3. The number of benzene rings is 2. The number of likely N-dealkylation sites (tertiary alicyclic amines) is 2. The summed E-state index contributed by atoms with van der Waals surface area (Å²) in [6.07, 6.45) is 6.75. The van der Waals surface area contributed by atoms with Gasteiger partial charge in [-0.05, 0) is 125 Å². The summed E-state index contributed by atoms with van der Waals surface area (Å²) in [7, 11) is 0. The lowest BCUT2D eigenvalue weighted by Crippen LogP contribution is -2.43. The third-order valence-electron chi connectivity index (χ3n) is 10.3. The Morgan fingerprint density at radius 2 is 0.889 bits per heavy atom. The van der Waals surface area contributed by atoms with Crippen molar-refractivity contribution in [2.45, 2.75) is 76.4 Å². The lowest BCUT2D eigenvalue weighted by atomic mass is 9.96. The highest BCUT2D eigenvalue weighted by Gasteiger charge is 2.29. The van der Waals surface area contributed by atoms with Crippen LogP contribution in [0.1, 0.15) is 84.9 Å². The number of aliphatic imine (C=N–C) groups is 2. The number of guanidine groups is 2. The number of piperidine rings is 2. The Bertz CT molecular complexity index is 1500. The summed E-state index contributed by atoms with van der Waals surface area (Å²) in [4.78, 5) is 62.6. The van der Waals surface area contributed by atoms with Crippen LogP contribution in [0.25, 0.3) is 0 Å². The van der Waals surface area contributed by atoms with Gasteiger partial charge in [0.1, 0.15) is 12.2 Å². The van der Waals surface area contributed by atoms with Crippen molar-refractivity contribution < 1.29 is 28.7 Å². The Balaban J connectivity index is 0.930. The van der Waals surface area contributed by atoms with Crippen LogP contribution in [0.15, 0.2) is 58.5 Å². The fourth-order valence-electron chi connectivity index (χ4n) is 7.10. The number of nitrogens with zero attached hydrogens (tertiary/aromatic N) is 4. The van der Waals surface area contributed by atoms with Crippen molar-refractivity contribution in [3.05, 3.63) is 59.7 Å². The van der Waals surface area contributed by atoms with E-state index in [1.165, 1.54) is 0 Å². The molecular weight excluding hydrogens is 692 g/mol. The van der Waals surface area contributed by atoms with Crippen LogP contribution >= 0.6 is 0 Å². The molecular formula is C38H54N10O6. The van der Waals surface area contributed by atoms with Gasteiger partial charge in [0.2, 0.25) is 0 Å². The van der Waals surface area contributed by atoms with Crippen molar-refractivity contribution in [2.24, 2.45) is 44.8 Å². The number of hydrogen-bond donors (Lipinski definition) is 6. The van der Waals surface area contributed by atoms with Crippen LogP contribution < -0.4 is 33.6 Å². The molecule has 3 aliphatic rings. The topological polar surface area (TPSA) is 246 Å². The standard InChI is InChI=1S/C38H54N10O6/c39-35(40)45-29-11-7-27(8-12-29)33(49)43-23-25-15-19-47(20-16-25)37(51)53-31-3-1-4-32(6-2-5-31)54-38(52)48-21-17-26(18-22-48)24-44-34(50)28-9-13-30(14-10-28)46-36(41)42/h7-14,25-26,31-32H,1-6,15-24H2,(H,43,49)(H,44,50)(H4,39,40,45)(H4,41,42,46). The molecule has 2 heterocycles. The van der Waals surface area contributed by atoms with Gasteiger partial charge in [-0.1, -0.05) is 0 Å². The zero-order valence-corrected chi connectivity index (χ0v) is 30.8. The Morgan fingerprint density at radius 1 is 0.556 bits per heavy atom. The molecule has 2 saturated heterocycles. The van der Waals surface area contributed by atoms with Crippen molar-refractivity contribution in [1.82, 2.24) is 20.4 Å². The lowest BCUT2D eigenvalue weighted by Gasteiger charge is -2.34. The van der Waals surface area contributed by atoms with Crippen molar-refractivity contribution in [1.29, 1.82) is 0 Å². The summed E-state index contributed by atoms with van der Waals surface area (Å²) in [6, 6.07) is 13.4. The molecule has 0 bridgehead atoms. The third-order valence-corrected chi connectivity index (χ3v) is 10.3. The van der Waals surface area contributed by atoms with Crippen molar-refractivity contribution >= 4 is 47.3 Å². The molecule has 292 valence electrons. The number of carbonyl (C=O) groups is 4. The molecule has 1 saturated carbocycles. The van der Waals surface area contributed by atoms with Crippen LogP contribution in [0.4, 0.5) is 21.0 Å². The summed E-state index contributed by atoms with van der Waals surface area (Å²) in [5.74, 6) is 0.126. The SMILES string of the molecule is NC(N)=Nc1ccc(C(=O)NCC2CCN(C(=O)OC3CCCC(OC(=O)N4CCC(CNC(=O)c5ccc(N=C(N)N)cc5)CC4)CCC3)CC2)cc1. The van der Waals surface area contributed by atoms with Gasteiger partial charge in [-0.15, -0.1) is 0 Å². The molecule has 5 rings (SSSR count). The molecule has 2 aliphatic heterocycles. The highest BCUT2D eigenvalue weighted by Crippen LogP contribution is 2.26. The smallest absolute Gasteiger partial charge is 0.410 e. The molecule has 0 atom stereocenters. The predicted molar refractivity (Wildman–Crippen MR) is 205 cm³/mol. The number of nitrogens with two attached hydrogens (primary N) is 4. The quantitative estimate of drug-likeness (QED) is 0.153. The normalized spacial score (nSPS) is 19.7. The van der Waals surface area contributed by atoms with Crippen molar-refractivity contribution in [3.63, 3.8) is 0 Å². The minimum absolute atomic E-state index is 0.0423. The highest BCUT2D eigenvalue weighted by molar-refractivity contribution is 5.95. The molecule has 4 amide bonds. The first-order valence-electron chi connectivity index (χ1n) is 18.9.